The number of methoxy groups -OCH3 is 1. The maximum absolute atomic E-state index is 12.4. The Balaban J connectivity index is 2.83. The normalized spacial score (nSPS) is 13.8. The predicted molar refractivity (Wildman–Crippen MR) is 81.5 cm³/mol. The number of sulfonamides is 1. The molecule has 0 radical (unpaired) electrons. The van der Waals surface area contributed by atoms with Gasteiger partial charge in [0.05, 0.1) is 0 Å². The lowest BCUT2D eigenvalue weighted by atomic mass is 10.2. The first-order chi connectivity index (χ1) is 9.77. The quantitative estimate of drug-likeness (QED) is 0.625. The molecule has 0 saturated heterocycles. The Hall–Kier alpha value is -0.960. The van der Waals surface area contributed by atoms with Crippen LogP contribution in [0.3, 0.4) is 0 Å². The van der Waals surface area contributed by atoms with Crippen molar-refractivity contribution in [2.75, 3.05) is 20.3 Å². The summed E-state index contributed by atoms with van der Waals surface area (Å²) in [5.74, 6) is 0.0991. The van der Waals surface area contributed by atoms with Gasteiger partial charge in [0.25, 0.3) is 10.0 Å². The van der Waals surface area contributed by atoms with E-state index in [1.807, 2.05) is 27.7 Å². The number of nitrogens with zero attached hydrogens (tertiary/aromatic N) is 1. The van der Waals surface area contributed by atoms with E-state index >= 15 is 0 Å². The molecule has 122 valence electrons. The van der Waals surface area contributed by atoms with Gasteiger partial charge in [0.1, 0.15) is 0 Å². The second-order valence-electron chi connectivity index (χ2n) is 5.58. The summed E-state index contributed by atoms with van der Waals surface area (Å²) in [7, 11) is -2.02. The van der Waals surface area contributed by atoms with Crippen LogP contribution >= 0.6 is 0 Å². The molecule has 0 aliphatic rings. The molecule has 1 unspecified atom stereocenters. The molecule has 3 N–H and O–H groups in total. The number of aromatic amines is 1. The SMILES string of the molecule is COCC(C)CNS(=O)(=O)c1n[nH]c(C)c1CNC(C)C. The van der Waals surface area contributed by atoms with Crippen molar-refractivity contribution in [3.63, 3.8) is 0 Å². The summed E-state index contributed by atoms with van der Waals surface area (Å²) in [6.07, 6.45) is 0. The lowest BCUT2D eigenvalue weighted by molar-refractivity contribution is 0.161. The van der Waals surface area contributed by atoms with Crippen LogP contribution in [0.15, 0.2) is 5.03 Å². The van der Waals surface area contributed by atoms with Gasteiger partial charge in [-0.1, -0.05) is 20.8 Å². The van der Waals surface area contributed by atoms with Crippen LogP contribution in [0.2, 0.25) is 0 Å². The van der Waals surface area contributed by atoms with Crippen LogP contribution in [0.25, 0.3) is 0 Å². The number of hydrogen-bond acceptors (Lipinski definition) is 5. The Kier molecular flexibility index (Phi) is 6.79. The zero-order valence-electron chi connectivity index (χ0n) is 13.4. The third-order valence-corrected chi connectivity index (χ3v) is 4.44. The summed E-state index contributed by atoms with van der Waals surface area (Å²) in [6.45, 7) is 9.04. The highest BCUT2D eigenvalue weighted by Gasteiger charge is 2.24. The van der Waals surface area contributed by atoms with E-state index in [9.17, 15) is 8.42 Å². The van der Waals surface area contributed by atoms with Crippen LogP contribution in [0.1, 0.15) is 32.0 Å². The van der Waals surface area contributed by atoms with Crippen LogP contribution in [-0.4, -0.2) is 44.9 Å². The molecule has 1 atom stereocenters. The Morgan fingerprint density at radius 3 is 2.57 bits per heavy atom. The molecule has 0 fully saturated rings. The molecule has 1 aromatic rings. The third-order valence-electron chi connectivity index (χ3n) is 3.05. The van der Waals surface area contributed by atoms with Gasteiger partial charge < -0.3 is 10.1 Å². The number of H-pyrrole nitrogens is 1. The fraction of sp³-hybridized carbons (Fsp3) is 0.769. The summed E-state index contributed by atoms with van der Waals surface area (Å²) in [5.41, 5.74) is 1.43. The number of aryl methyl sites for hydroxylation is 1. The van der Waals surface area contributed by atoms with Crippen molar-refractivity contribution < 1.29 is 13.2 Å². The van der Waals surface area contributed by atoms with Crippen molar-refractivity contribution in [3.05, 3.63) is 11.3 Å². The van der Waals surface area contributed by atoms with Gasteiger partial charge in [-0.3, -0.25) is 5.10 Å². The summed E-state index contributed by atoms with van der Waals surface area (Å²) in [5, 5.41) is 9.97. The van der Waals surface area contributed by atoms with Gasteiger partial charge in [0, 0.05) is 44.1 Å². The van der Waals surface area contributed by atoms with Crippen molar-refractivity contribution in [2.24, 2.45) is 5.92 Å². The minimum absolute atomic E-state index is 0.0674. The molecule has 0 spiro atoms. The monoisotopic (exact) mass is 318 g/mol. The van der Waals surface area contributed by atoms with Crippen LogP contribution in [0.4, 0.5) is 0 Å². The Morgan fingerprint density at radius 1 is 1.33 bits per heavy atom. The van der Waals surface area contributed by atoms with Gasteiger partial charge >= 0.3 is 0 Å². The third kappa shape index (κ3) is 5.39. The van der Waals surface area contributed by atoms with Crippen molar-refractivity contribution in [2.45, 2.75) is 45.3 Å². The van der Waals surface area contributed by atoms with Gasteiger partial charge in [-0.2, -0.15) is 5.10 Å². The van der Waals surface area contributed by atoms with Crippen molar-refractivity contribution in [1.29, 1.82) is 0 Å². The van der Waals surface area contributed by atoms with E-state index in [-0.39, 0.29) is 17.0 Å². The molecule has 0 aliphatic heterocycles. The zero-order chi connectivity index (χ0) is 16.0. The van der Waals surface area contributed by atoms with Gasteiger partial charge in [-0.25, -0.2) is 13.1 Å². The van der Waals surface area contributed by atoms with Gasteiger partial charge in [0.15, 0.2) is 5.03 Å². The van der Waals surface area contributed by atoms with Crippen molar-refractivity contribution >= 4 is 10.0 Å². The Morgan fingerprint density at radius 2 is 2.00 bits per heavy atom. The highest BCUT2D eigenvalue weighted by Crippen LogP contribution is 2.16. The maximum Gasteiger partial charge on any atom is 0.260 e. The fourth-order valence-electron chi connectivity index (χ4n) is 1.83. The molecular weight excluding hydrogens is 292 g/mol. The largest absolute Gasteiger partial charge is 0.384 e. The van der Waals surface area contributed by atoms with Crippen molar-refractivity contribution in [1.82, 2.24) is 20.2 Å². The topological polar surface area (TPSA) is 96.1 Å². The van der Waals surface area contributed by atoms with Crippen LogP contribution in [0, 0.1) is 12.8 Å². The number of rotatable bonds is 9. The van der Waals surface area contributed by atoms with E-state index in [1.165, 1.54) is 0 Å². The number of nitrogens with one attached hydrogen (secondary N) is 3. The van der Waals surface area contributed by atoms with Gasteiger partial charge in [-0.15, -0.1) is 0 Å². The van der Waals surface area contributed by atoms with E-state index in [2.05, 4.69) is 20.2 Å². The van der Waals surface area contributed by atoms with Crippen LogP contribution in [-0.2, 0) is 21.3 Å². The molecule has 1 rings (SSSR count). The molecule has 1 heterocycles. The van der Waals surface area contributed by atoms with E-state index in [1.54, 1.807) is 7.11 Å². The molecule has 1 aromatic heterocycles. The van der Waals surface area contributed by atoms with E-state index in [0.29, 0.717) is 25.3 Å². The molecule has 0 bridgehead atoms. The number of aromatic nitrogens is 2. The molecule has 8 heteroatoms. The van der Waals surface area contributed by atoms with Crippen LogP contribution in [0.5, 0.6) is 0 Å². The second-order valence-corrected chi connectivity index (χ2v) is 7.26. The lowest BCUT2D eigenvalue weighted by Gasteiger charge is -2.13. The first kappa shape index (κ1) is 18.1. The fourth-order valence-corrected chi connectivity index (χ4v) is 3.19. The minimum atomic E-state index is -3.62. The summed E-state index contributed by atoms with van der Waals surface area (Å²) < 4.78 is 32.3. The molecule has 0 aromatic carbocycles. The summed E-state index contributed by atoms with van der Waals surface area (Å²) in [6, 6.07) is 0.268. The summed E-state index contributed by atoms with van der Waals surface area (Å²) in [4.78, 5) is 0. The van der Waals surface area contributed by atoms with Gasteiger partial charge in [-0.05, 0) is 12.8 Å². The first-order valence-electron chi connectivity index (χ1n) is 7.03. The Labute approximate surface area is 126 Å². The lowest BCUT2D eigenvalue weighted by Crippen LogP contribution is -2.31. The van der Waals surface area contributed by atoms with Crippen molar-refractivity contribution in [3.8, 4) is 0 Å². The minimum Gasteiger partial charge on any atom is -0.384 e. The average molecular weight is 318 g/mol. The van der Waals surface area contributed by atoms with Gasteiger partial charge in [0.2, 0.25) is 0 Å². The number of ether oxygens (including phenoxy) is 1. The standard InChI is InChI=1S/C13H26N4O3S/c1-9(2)14-7-12-11(4)16-17-13(12)21(18,19)15-6-10(3)8-20-5/h9-10,14-15H,6-8H2,1-5H3,(H,16,17). The molecule has 0 saturated carbocycles. The van der Waals surface area contributed by atoms with E-state index < -0.39 is 10.0 Å². The first-order valence-corrected chi connectivity index (χ1v) is 8.52. The molecule has 0 aliphatic carbocycles. The molecular formula is C13H26N4O3S. The zero-order valence-corrected chi connectivity index (χ0v) is 14.2. The average Bonchev–Trinajstić information content (AvgIpc) is 2.76. The smallest absolute Gasteiger partial charge is 0.260 e. The number of hydrogen-bond donors (Lipinski definition) is 3. The highest BCUT2D eigenvalue weighted by atomic mass is 32.2. The van der Waals surface area contributed by atoms with E-state index in [0.717, 1.165) is 5.69 Å². The Bertz CT molecular complexity index is 540. The molecule has 0 amide bonds. The molecule has 21 heavy (non-hydrogen) atoms. The summed E-state index contributed by atoms with van der Waals surface area (Å²) >= 11 is 0. The predicted octanol–water partition coefficient (Wildman–Crippen LogP) is 0.777. The second kappa shape index (κ2) is 7.88. The van der Waals surface area contributed by atoms with Crippen LogP contribution < -0.4 is 10.0 Å². The highest BCUT2D eigenvalue weighted by molar-refractivity contribution is 7.89. The van der Waals surface area contributed by atoms with E-state index in [4.69, 9.17) is 4.74 Å². The molecule has 7 nitrogen and oxygen atoms in total. The maximum atomic E-state index is 12.4.